The summed E-state index contributed by atoms with van der Waals surface area (Å²) >= 11 is 0. The fourth-order valence-corrected chi connectivity index (χ4v) is 1.72. The van der Waals surface area contributed by atoms with E-state index in [1.807, 2.05) is 0 Å². The summed E-state index contributed by atoms with van der Waals surface area (Å²) in [5, 5.41) is 3.72. The van der Waals surface area contributed by atoms with Gasteiger partial charge in [0, 0.05) is 5.56 Å². The van der Waals surface area contributed by atoms with Crippen LogP contribution in [0.15, 0.2) is 55.3 Å². The molecule has 0 aliphatic carbocycles. The molecule has 0 radical (unpaired) electrons. The van der Waals surface area contributed by atoms with Crippen molar-refractivity contribution in [3.63, 3.8) is 0 Å². The van der Waals surface area contributed by atoms with Gasteiger partial charge >= 0.3 is 5.97 Å². The standard InChI is InChI=1S/C18H21NO5/c1-5-8-22-16-12-14(18(20)24-10-7-3)11-15(13-19-21-4)17(16)23-9-6-2/h5-7,11-13H,1-3,8-10H2,4H3/b19-13+. The highest BCUT2D eigenvalue weighted by atomic mass is 16.6. The summed E-state index contributed by atoms with van der Waals surface area (Å²) in [6, 6.07) is 3.12. The minimum absolute atomic E-state index is 0.109. The maximum atomic E-state index is 12.1. The van der Waals surface area contributed by atoms with Crippen molar-refractivity contribution in [1.82, 2.24) is 0 Å². The topological polar surface area (TPSA) is 66.4 Å². The Bertz CT molecular complexity index is 622. The van der Waals surface area contributed by atoms with Crippen LogP contribution in [0.2, 0.25) is 0 Å². The van der Waals surface area contributed by atoms with Gasteiger partial charge in [-0.05, 0) is 12.1 Å². The van der Waals surface area contributed by atoms with E-state index >= 15 is 0 Å². The van der Waals surface area contributed by atoms with Crippen LogP contribution in [0, 0.1) is 0 Å². The first kappa shape index (κ1) is 19.0. The molecule has 1 aromatic rings. The zero-order valence-electron chi connectivity index (χ0n) is 13.7. The number of ether oxygens (including phenoxy) is 3. The molecule has 128 valence electrons. The van der Waals surface area contributed by atoms with Gasteiger partial charge in [0.1, 0.15) is 26.9 Å². The molecule has 1 aromatic carbocycles. The van der Waals surface area contributed by atoms with Crippen molar-refractivity contribution >= 4 is 12.2 Å². The fourth-order valence-electron chi connectivity index (χ4n) is 1.72. The third-order valence-electron chi connectivity index (χ3n) is 2.65. The maximum absolute atomic E-state index is 12.1. The van der Waals surface area contributed by atoms with Gasteiger partial charge in [0.2, 0.25) is 0 Å². The molecule has 0 unspecified atom stereocenters. The monoisotopic (exact) mass is 331 g/mol. The lowest BCUT2D eigenvalue weighted by molar-refractivity contribution is 0.0549. The summed E-state index contributed by atoms with van der Waals surface area (Å²) in [6.07, 6.45) is 6.09. The molecule has 6 heteroatoms. The minimum atomic E-state index is -0.513. The van der Waals surface area contributed by atoms with E-state index < -0.39 is 5.97 Å². The predicted octanol–water partition coefficient (Wildman–Crippen LogP) is 3.14. The number of carbonyl (C=O) groups is 1. The van der Waals surface area contributed by atoms with Crippen LogP contribution in [0.3, 0.4) is 0 Å². The Morgan fingerprint density at radius 1 is 1.08 bits per heavy atom. The zero-order chi connectivity index (χ0) is 17.8. The molecule has 0 fully saturated rings. The van der Waals surface area contributed by atoms with Crippen LogP contribution in [0.1, 0.15) is 15.9 Å². The largest absolute Gasteiger partial charge is 0.486 e. The van der Waals surface area contributed by atoms with Gasteiger partial charge < -0.3 is 19.0 Å². The lowest BCUT2D eigenvalue weighted by Crippen LogP contribution is -2.09. The summed E-state index contributed by atoms with van der Waals surface area (Å²) in [4.78, 5) is 16.8. The molecule has 0 aliphatic heterocycles. The van der Waals surface area contributed by atoms with Crippen molar-refractivity contribution < 1.29 is 23.8 Å². The molecule has 0 aliphatic rings. The first-order chi connectivity index (χ1) is 11.7. The van der Waals surface area contributed by atoms with Gasteiger partial charge in [-0.15, -0.1) is 0 Å². The van der Waals surface area contributed by atoms with Crippen LogP contribution in [0.4, 0.5) is 0 Å². The molecule has 0 saturated heterocycles. The second-order valence-corrected chi connectivity index (χ2v) is 4.40. The summed E-state index contributed by atoms with van der Waals surface area (Å²) < 4.78 is 16.3. The van der Waals surface area contributed by atoms with E-state index in [-0.39, 0.29) is 19.8 Å². The summed E-state index contributed by atoms with van der Waals surface area (Å²) in [5.41, 5.74) is 0.797. The van der Waals surface area contributed by atoms with Crippen molar-refractivity contribution in [1.29, 1.82) is 0 Å². The van der Waals surface area contributed by atoms with Crippen LogP contribution in [-0.2, 0) is 9.57 Å². The third kappa shape index (κ3) is 5.64. The fraction of sp³-hybridized carbons (Fsp3) is 0.222. The number of oxime groups is 1. The van der Waals surface area contributed by atoms with Crippen molar-refractivity contribution in [2.45, 2.75) is 0 Å². The Kier molecular flexibility index (Phi) is 8.45. The first-order valence-electron chi connectivity index (χ1n) is 7.17. The smallest absolute Gasteiger partial charge is 0.338 e. The van der Waals surface area contributed by atoms with Crippen molar-refractivity contribution in [2.75, 3.05) is 26.9 Å². The first-order valence-corrected chi connectivity index (χ1v) is 7.17. The zero-order valence-corrected chi connectivity index (χ0v) is 13.7. The molecule has 0 bridgehead atoms. The second-order valence-electron chi connectivity index (χ2n) is 4.40. The van der Waals surface area contributed by atoms with Crippen molar-refractivity contribution in [3.05, 3.63) is 61.2 Å². The quantitative estimate of drug-likeness (QED) is 0.270. The van der Waals surface area contributed by atoms with Gasteiger partial charge in [0.15, 0.2) is 11.5 Å². The van der Waals surface area contributed by atoms with Gasteiger partial charge in [-0.1, -0.05) is 43.1 Å². The van der Waals surface area contributed by atoms with E-state index in [0.717, 1.165) is 0 Å². The van der Waals surface area contributed by atoms with Crippen LogP contribution in [0.25, 0.3) is 0 Å². The molecule has 0 N–H and O–H groups in total. The average Bonchev–Trinajstić information content (AvgIpc) is 2.60. The molecule has 0 heterocycles. The van der Waals surface area contributed by atoms with E-state index in [2.05, 4.69) is 24.9 Å². The van der Waals surface area contributed by atoms with Crippen LogP contribution >= 0.6 is 0 Å². The van der Waals surface area contributed by atoms with E-state index in [1.54, 1.807) is 18.2 Å². The summed E-state index contributed by atoms with van der Waals surface area (Å²) in [7, 11) is 1.41. The van der Waals surface area contributed by atoms with Gasteiger partial charge in [0.25, 0.3) is 0 Å². The Morgan fingerprint density at radius 2 is 1.75 bits per heavy atom. The van der Waals surface area contributed by atoms with E-state index in [1.165, 1.54) is 25.5 Å². The molecule has 24 heavy (non-hydrogen) atoms. The highest BCUT2D eigenvalue weighted by Gasteiger charge is 2.17. The van der Waals surface area contributed by atoms with Gasteiger partial charge in [-0.2, -0.15) is 0 Å². The van der Waals surface area contributed by atoms with E-state index in [0.29, 0.717) is 22.6 Å². The predicted molar refractivity (Wildman–Crippen MR) is 92.9 cm³/mol. The maximum Gasteiger partial charge on any atom is 0.338 e. The number of benzene rings is 1. The Morgan fingerprint density at radius 3 is 2.38 bits per heavy atom. The van der Waals surface area contributed by atoms with Gasteiger partial charge in [0.05, 0.1) is 11.8 Å². The third-order valence-corrected chi connectivity index (χ3v) is 2.65. The van der Waals surface area contributed by atoms with Crippen molar-refractivity contribution in [3.8, 4) is 11.5 Å². The molecular weight excluding hydrogens is 310 g/mol. The van der Waals surface area contributed by atoms with Crippen LogP contribution < -0.4 is 9.47 Å². The van der Waals surface area contributed by atoms with Crippen LogP contribution in [-0.4, -0.2) is 39.1 Å². The van der Waals surface area contributed by atoms with Gasteiger partial charge in [-0.3, -0.25) is 0 Å². The number of esters is 1. The molecule has 0 saturated carbocycles. The Balaban J connectivity index is 3.33. The molecular formula is C18H21NO5. The number of hydrogen-bond acceptors (Lipinski definition) is 6. The number of nitrogens with zero attached hydrogens (tertiary/aromatic N) is 1. The van der Waals surface area contributed by atoms with Crippen molar-refractivity contribution in [2.24, 2.45) is 5.16 Å². The molecule has 1 rings (SSSR count). The van der Waals surface area contributed by atoms with Crippen LogP contribution in [0.5, 0.6) is 11.5 Å². The number of hydrogen-bond donors (Lipinski definition) is 0. The average molecular weight is 331 g/mol. The molecule has 6 nitrogen and oxygen atoms in total. The molecule has 0 spiro atoms. The molecule has 0 aromatic heterocycles. The SMILES string of the molecule is C=CCOC(=O)c1cc(/C=N/OC)c(OCC=C)c(OCC=C)c1. The highest BCUT2D eigenvalue weighted by Crippen LogP contribution is 2.33. The highest BCUT2D eigenvalue weighted by molar-refractivity contribution is 5.95. The normalized spacial score (nSPS) is 10.0. The lowest BCUT2D eigenvalue weighted by Gasteiger charge is -2.15. The van der Waals surface area contributed by atoms with E-state index in [9.17, 15) is 4.79 Å². The molecule has 0 amide bonds. The number of carbonyl (C=O) groups excluding carboxylic acids is 1. The minimum Gasteiger partial charge on any atom is -0.486 e. The summed E-state index contributed by atoms with van der Waals surface area (Å²) in [5.74, 6) is 0.265. The van der Waals surface area contributed by atoms with Gasteiger partial charge in [-0.25, -0.2) is 4.79 Å². The Hall–Kier alpha value is -3.02. The molecule has 0 atom stereocenters. The number of rotatable bonds is 11. The summed E-state index contributed by atoms with van der Waals surface area (Å²) in [6.45, 7) is 11.3. The van der Waals surface area contributed by atoms with E-state index in [4.69, 9.17) is 19.0 Å². The lowest BCUT2D eigenvalue weighted by atomic mass is 10.1. The second kappa shape index (κ2) is 10.7. The Labute approximate surface area is 141 Å².